The standard InChI is InChI=1S/C9H14N2O3S/c1-13-5-3-4-10-9-11-7(6-15-9)8(12)14-2/h6H,3-5H2,1-2H3,(H,10,11). The fourth-order valence-electron chi connectivity index (χ4n) is 0.965. The second-order valence-corrected chi connectivity index (χ2v) is 3.66. The topological polar surface area (TPSA) is 60.5 Å². The van der Waals surface area contributed by atoms with E-state index in [-0.39, 0.29) is 0 Å². The average Bonchev–Trinajstić information content (AvgIpc) is 2.72. The van der Waals surface area contributed by atoms with Crippen LogP contribution in [0.15, 0.2) is 5.38 Å². The molecule has 0 aliphatic rings. The Morgan fingerprint density at radius 3 is 3.07 bits per heavy atom. The van der Waals surface area contributed by atoms with Gasteiger partial charge in [-0.3, -0.25) is 0 Å². The minimum atomic E-state index is -0.406. The number of aromatic nitrogens is 1. The Balaban J connectivity index is 2.36. The molecule has 1 aromatic rings. The molecule has 0 unspecified atom stereocenters. The number of rotatable bonds is 6. The van der Waals surface area contributed by atoms with Crippen molar-refractivity contribution in [2.45, 2.75) is 6.42 Å². The van der Waals surface area contributed by atoms with Crippen LogP contribution in [0.4, 0.5) is 5.13 Å². The Morgan fingerprint density at radius 1 is 1.60 bits per heavy atom. The van der Waals surface area contributed by atoms with E-state index in [1.165, 1.54) is 18.4 Å². The molecule has 1 N–H and O–H groups in total. The predicted molar refractivity (Wildman–Crippen MR) is 58.4 cm³/mol. The summed E-state index contributed by atoms with van der Waals surface area (Å²) in [5, 5.41) is 5.50. The second-order valence-electron chi connectivity index (χ2n) is 2.80. The maximum atomic E-state index is 11.1. The Hall–Kier alpha value is -1.14. The monoisotopic (exact) mass is 230 g/mol. The number of hydrogen-bond acceptors (Lipinski definition) is 6. The number of methoxy groups -OCH3 is 2. The molecule has 0 saturated carbocycles. The zero-order valence-corrected chi connectivity index (χ0v) is 9.60. The molecule has 1 aromatic heterocycles. The van der Waals surface area contributed by atoms with Crippen LogP contribution >= 0.6 is 11.3 Å². The molecular formula is C9H14N2O3S. The van der Waals surface area contributed by atoms with Gasteiger partial charge in [0.2, 0.25) is 0 Å². The summed E-state index contributed by atoms with van der Waals surface area (Å²) in [4.78, 5) is 15.1. The smallest absolute Gasteiger partial charge is 0.357 e. The molecule has 15 heavy (non-hydrogen) atoms. The third-order valence-corrected chi connectivity index (χ3v) is 2.50. The highest BCUT2D eigenvalue weighted by Crippen LogP contribution is 2.15. The molecule has 0 bridgehead atoms. The van der Waals surface area contributed by atoms with Crippen LogP contribution in [0.1, 0.15) is 16.9 Å². The number of carbonyl (C=O) groups is 1. The summed E-state index contributed by atoms with van der Waals surface area (Å²) in [6.45, 7) is 1.49. The molecule has 0 aliphatic carbocycles. The number of ether oxygens (including phenoxy) is 2. The first-order chi connectivity index (χ1) is 7.27. The maximum Gasteiger partial charge on any atom is 0.357 e. The first kappa shape index (κ1) is 11.9. The first-order valence-electron chi connectivity index (χ1n) is 4.54. The molecule has 0 saturated heterocycles. The molecule has 0 amide bonds. The number of thiazole rings is 1. The molecule has 5 nitrogen and oxygen atoms in total. The summed E-state index contributed by atoms with van der Waals surface area (Å²) >= 11 is 1.39. The van der Waals surface area contributed by atoms with Crippen LogP contribution in [-0.2, 0) is 9.47 Å². The van der Waals surface area contributed by atoms with Crippen molar-refractivity contribution in [1.29, 1.82) is 0 Å². The minimum absolute atomic E-state index is 0.344. The van der Waals surface area contributed by atoms with E-state index < -0.39 is 5.97 Å². The number of esters is 1. The van der Waals surface area contributed by atoms with Crippen molar-refractivity contribution in [3.05, 3.63) is 11.1 Å². The van der Waals surface area contributed by atoms with Crippen molar-refractivity contribution in [2.24, 2.45) is 0 Å². The van der Waals surface area contributed by atoms with E-state index in [0.717, 1.165) is 18.1 Å². The minimum Gasteiger partial charge on any atom is -0.464 e. The zero-order chi connectivity index (χ0) is 11.1. The van der Waals surface area contributed by atoms with E-state index in [1.54, 1.807) is 12.5 Å². The lowest BCUT2D eigenvalue weighted by atomic mass is 10.4. The molecule has 0 aliphatic heterocycles. The number of anilines is 1. The molecule has 1 rings (SSSR count). The van der Waals surface area contributed by atoms with Gasteiger partial charge in [0.15, 0.2) is 10.8 Å². The lowest BCUT2D eigenvalue weighted by Gasteiger charge is -2.00. The van der Waals surface area contributed by atoms with Gasteiger partial charge in [0.05, 0.1) is 7.11 Å². The molecule has 0 atom stereocenters. The molecule has 84 valence electrons. The van der Waals surface area contributed by atoms with Gasteiger partial charge in [-0.15, -0.1) is 11.3 Å². The third kappa shape index (κ3) is 3.85. The largest absolute Gasteiger partial charge is 0.464 e. The normalized spacial score (nSPS) is 10.0. The van der Waals surface area contributed by atoms with Gasteiger partial charge in [0, 0.05) is 25.6 Å². The molecular weight excluding hydrogens is 216 g/mol. The number of carbonyl (C=O) groups excluding carboxylic acids is 1. The number of nitrogens with zero attached hydrogens (tertiary/aromatic N) is 1. The van der Waals surface area contributed by atoms with Gasteiger partial charge in [-0.2, -0.15) is 0 Å². The van der Waals surface area contributed by atoms with Crippen molar-refractivity contribution in [3.8, 4) is 0 Å². The van der Waals surface area contributed by atoms with Crippen LogP contribution in [0.5, 0.6) is 0 Å². The summed E-state index contributed by atoms with van der Waals surface area (Å²) in [5.41, 5.74) is 0.344. The van der Waals surface area contributed by atoms with E-state index in [1.807, 2.05) is 0 Å². The van der Waals surface area contributed by atoms with Crippen molar-refractivity contribution < 1.29 is 14.3 Å². The van der Waals surface area contributed by atoms with Crippen molar-refractivity contribution >= 4 is 22.4 Å². The quantitative estimate of drug-likeness (QED) is 0.591. The zero-order valence-electron chi connectivity index (χ0n) is 8.78. The summed E-state index contributed by atoms with van der Waals surface area (Å²) in [5.74, 6) is -0.406. The average molecular weight is 230 g/mol. The number of nitrogens with one attached hydrogen (secondary N) is 1. The summed E-state index contributed by atoms with van der Waals surface area (Å²) < 4.78 is 9.46. The van der Waals surface area contributed by atoms with E-state index >= 15 is 0 Å². The van der Waals surface area contributed by atoms with Crippen LogP contribution in [0.2, 0.25) is 0 Å². The van der Waals surface area contributed by atoms with Gasteiger partial charge >= 0.3 is 5.97 Å². The van der Waals surface area contributed by atoms with Gasteiger partial charge in [0.25, 0.3) is 0 Å². The van der Waals surface area contributed by atoms with Gasteiger partial charge in [0.1, 0.15) is 0 Å². The van der Waals surface area contributed by atoms with Crippen LogP contribution in [0.3, 0.4) is 0 Å². The van der Waals surface area contributed by atoms with Crippen LogP contribution in [0.25, 0.3) is 0 Å². The Kier molecular flexibility index (Phi) is 5.06. The molecule has 0 fully saturated rings. The highest BCUT2D eigenvalue weighted by Gasteiger charge is 2.09. The Morgan fingerprint density at radius 2 is 2.40 bits per heavy atom. The fourth-order valence-corrected chi connectivity index (χ4v) is 1.67. The summed E-state index contributed by atoms with van der Waals surface area (Å²) in [7, 11) is 3.01. The fraction of sp³-hybridized carbons (Fsp3) is 0.556. The van der Waals surface area contributed by atoms with E-state index in [9.17, 15) is 4.79 Å². The van der Waals surface area contributed by atoms with Crippen molar-refractivity contribution in [2.75, 3.05) is 32.7 Å². The molecule has 0 spiro atoms. The SMILES string of the molecule is COCCCNc1nc(C(=O)OC)cs1. The van der Waals surface area contributed by atoms with E-state index in [2.05, 4.69) is 15.0 Å². The third-order valence-electron chi connectivity index (χ3n) is 1.70. The highest BCUT2D eigenvalue weighted by molar-refractivity contribution is 7.13. The summed E-state index contributed by atoms with van der Waals surface area (Å²) in [6, 6.07) is 0. The van der Waals surface area contributed by atoms with Gasteiger partial charge in [-0.25, -0.2) is 9.78 Å². The van der Waals surface area contributed by atoms with Crippen LogP contribution in [-0.4, -0.2) is 38.3 Å². The summed E-state index contributed by atoms with van der Waals surface area (Å²) in [6.07, 6.45) is 0.906. The Labute approximate surface area is 92.4 Å². The van der Waals surface area contributed by atoms with Crippen molar-refractivity contribution in [1.82, 2.24) is 4.98 Å². The van der Waals surface area contributed by atoms with Crippen molar-refractivity contribution in [3.63, 3.8) is 0 Å². The lowest BCUT2D eigenvalue weighted by molar-refractivity contribution is 0.0595. The second kappa shape index (κ2) is 6.36. The van der Waals surface area contributed by atoms with Crippen LogP contribution < -0.4 is 5.32 Å². The van der Waals surface area contributed by atoms with Gasteiger partial charge < -0.3 is 14.8 Å². The number of hydrogen-bond donors (Lipinski definition) is 1. The predicted octanol–water partition coefficient (Wildman–Crippen LogP) is 1.38. The Bertz CT molecular complexity index is 314. The van der Waals surface area contributed by atoms with E-state index in [0.29, 0.717) is 12.3 Å². The molecule has 6 heteroatoms. The molecule has 0 radical (unpaired) electrons. The van der Waals surface area contributed by atoms with Gasteiger partial charge in [-0.1, -0.05) is 0 Å². The molecule has 0 aromatic carbocycles. The highest BCUT2D eigenvalue weighted by atomic mass is 32.1. The van der Waals surface area contributed by atoms with Crippen LogP contribution in [0, 0.1) is 0 Å². The van der Waals surface area contributed by atoms with E-state index in [4.69, 9.17) is 4.74 Å². The maximum absolute atomic E-state index is 11.1. The van der Waals surface area contributed by atoms with Gasteiger partial charge in [-0.05, 0) is 6.42 Å². The molecule has 1 heterocycles. The first-order valence-corrected chi connectivity index (χ1v) is 5.42. The lowest BCUT2D eigenvalue weighted by Crippen LogP contribution is -2.05.